The fourth-order valence-corrected chi connectivity index (χ4v) is 5.83. The maximum Gasteiger partial charge on any atom is 0.306 e. The summed E-state index contributed by atoms with van der Waals surface area (Å²) in [5.41, 5.74) is 0. The zero-order valence-electron chi connectivity index (χ0n) is 40.7. The lowest BCUT2D eigenvalue weighted by atomic mass is 10.1. The van der Waals surface area contributed by atoms with Crippen LogP contribution in [0.1, 0.15) is 162 Å². The monoisotopic (exact) mass is 891 g/mol. The van der Waals surface area contributed by atoms with Gasteiger partial charge < -0.3 is 14.2 Å². The molecule has 0 saturated heterocycles. The third-order valence-electron chi connectivity index (χ3n) is 9.45. The van der Waals surface area contributed by atoms with E-state index in [9.17, 15) is 14.4 Å². The maximum atomic E-state index is 12.8. The standard InChI is InChI=1S/C59H86O6/c1-4-7-10-13-16-19-22-25-27-28-29-30-32-34-37-40-43-46-49-52-58(61)64-55-56(54-63-57(60)51-48-45-42-39-36-33-24-21-18-15-12-9-6-3)65-59(62)53-50-47-44-41-38-35-31-26-23-20-17-14-11-8-5-2/h7-12,14-21,23-27,29-31,33,35-36,38-39,42,56H,4-6,13,22,28,32,34,37,40-41,43-55H2,1-3H3/b10-7-,11-8-,12-9-,17-14-,18-15-,19-16-,23-20-,24-21-,27-25-,30-29-,31-26-,36-33-,38-35-,42-39-. The van der Waals surface area contributed by atoms with Crippen LogP contribution in [0.25, 0.3) is 0 Å². The number of esters is 3. The van der Waals surface area contributed by atoms with Gasteiger partial charge in [0.1, 0.15) is 13.2 Å². The van der Waals surface area contributed by atoms with Crippen molar-refractivity contribution in [1.29, 1.82) is 0 Å². The third-order valence-corrected chi connectivity index (χ3v) is 9.45. The molecule has 0 spiro atoms. The highest BCUT2D eigenvalue weighted by atomic mass is 16.6. The Morgan fingerprint density at radius 2 is 0.646 bits per heavy atom. The predicted molar refractivity (Wildman–Crippen MR) is 278 cm³/mol. The van der Waals surface area contributed by atoms with Crippen LogP contribution in [0.3, 0.4) is 0 Å². The minimum atomic E-state index is -0.844. The lowest BCUT2D eigenvalue weighted by molar-refractivity contribution is -0.167. The Morgan fingerprint density at radius 1 is 0.323 bits per heavy atom. The second-order valence-corrected chi connectivity index (χ2v) is 15.5. The molecule has 0 radical (unpaired) electrons. The molecule has 0 aromatic rings. The van der Waals surface area contributed by atoms with Gasteiger partial charge in [0.25, 0.3) is 0 Å². The van der Waals surface area contributed by atoms with Gasteiger partial charge >= 0.3 is 17.9 Å². The van der Waals surface area contributed by atoms with Crippen LogP contribution in [0, 0.1) is 0 Å². The fourth-order valence-electron chi connectivity index (χ4n) is 5.83. The van der Waals surface area contributed by atoms with Gasteiger partial charge in [0.2, 0.25) is 0 Å². The zero-order chi connectivity index (χ0) is 47.2. The van der Waals surface area contributed by atoms with Gasteiger partial charge in [-0.2, -0.15) is 0 Å². The minimum Gasteiger partial charge on any atom is -0.462 e. The molecular weight excluding hydrogens is 805 g/mol. The van der Waals surface area contributed by atoms with Gasteiger partial charge in [-0.15, -0.1) is 0 Å². The summed E-state index contributed by atoms with van der Waals surface area (Å²) in [5.74, 6) is -1.09. The van der Waals surface area contributed by atoms with E-state index >= 15 is 0 Å². The molecule has 6 nitrogen and oxygen atoms in total. The van der Waals surface area contributed by atoms with Crippen molar-refractivity contribution in [1.82, 2.24) is 0 Å². The first-order chi connectivity index (χ1) is 32.0. The van der Waals surface area contributed by atoms with Crippen molar-refractivity contribution in [2.75, 3.05) is 13.2 Å². The van der Waals surface area contributed by atoms with Gasteiger partial charge in [-0.1, -0.05) is 223 Å². The minimum absolute atomic E-state index is 0.135. The largest absolute Gasteiger partial charge is 0.462 e. The zero-order valence-corrected chi connectivity index (χ0v) is 40.7. The van der Waals surface area contributed by atoms with E-state index in [1.807, 2.05) is 103 Å². The molecule has 0 N–H and O–H groups in total. The van der Waals surface area contributed by atoms with Crippen LogP contribution in [0.4, 0.5) is 0 Å². The van der Waals surface area contributed by atoms with Crippen molar-refractivity contribution in [3.8, 4) is 0 Å². The molecule has 6 heteroatoms. The summed E-state index contributed by atoms with van der Waals surface area (Å²) < 4.78 is 16.7. The Bertz CT molecular complexity index is 1590. The van der Waals surface area contributed by atoms with E-state index in [1.54, 1.807) is 0 Å². The number of unbranched alkanes of at least 4 members (excludes halogenated alkanes) is 10. The van der Waals surface area contributed by atoms with Gasteiger partial charge in [-0.25, -0.2) is 0 Å². The number of ether oxygens (including phenoxy) is 3. The van der Waals surface area contributed by atoms with Crippen LogP contribution < -0.4 is 0 Å². The summed E-state index contributed by atoms with van der Waals surface area (Å²) in [6.45, 7) is 6.08. The average Bonchev–Trinajstić information content (AvgIpc) is 3.30. The van der Waals surface area contributed by atoms with Crippen LogP contribution in [-0.2, 0) is 28.6 Å². The quantitative estimate of drug-likeness (QED) is 0.0200. The Hall–Kier alpha value is -5.23. The first-order valence-electron chi connectivity index (χ1n) is 24.8. The molecule has 0 aliphatic carbocycles. The van der Waals surface area contributed by atoms with Crippen molar-refractivity contribution in [2.45, 2.75) is 168 Å². The molecular formula is C59H86O6. The smallest absolute Gasteiger partial charge is 0.306 e. The molecule has 0 aromatic carbocycles. The second kappa shape index (κ2) is 51.4. The van der Waals surface area contributed by atoms with Gasteiger partial charge in [-0.05, 0) is 89.9 Å². The molecule has 0 aliphatic rings. The number of carbonyl (C=O) groups excluding carboxylic acids is 3. The number of carbonyl (C=O) groups is 3. The van der Waals surface area contributed by atoms with Crippen molar-refractivity contribution in [3.63, 3.8) is 0 Å². The SMILES string of the molecule is CC\C=C/C=C\C=C/C=C\C=C/CCCCCC(=O)OC(COC(=O)CCC\C=C/C=C\C=C/C=C\C=C/CC)COC(=O)CCCCCCCC/C=C\C/C=C\C/C=C\C/C=C\CC. The van der Waals surface area contributed by atoms with Crippen molar-refractivity contribution < 1.29 is 28.6 Å². The van der Waals surface area contributed by atoms with Crippen LogP contribution >= 0.6 is 0 Å². The average molecular weight is 891 g/mol. The topological polar surface area (TPSA) is 78.9 Å². The molecule has 0 amide bonds. The Morgan fingerprint density at radius 3 is 1.12 bits per heavy atom. The van der Waals surface area contributed by atoms with Gasteiger partial charge in [0.15, 0.2) is 6.10 Å². The lowest BCUT2D eigenvalue weighted by Gasteiger charge is -2.18. The highest BCUT2D eigenvalue weighted by molar-refractivity contribution is 5.71. The van der Waals surface area contributed by atoms with E-state index in [2.05, 4.69) is 87.6 Å². The summed E-state index contributed by atoms with van der Waals surface area (Å²) >= 11 is 0. The molecule has 0 aromatic heterocycles. The van der Waals surface area contributed by atoms with Crippen molar-refractivity contribution in [2.24, 2.45) is 0 Å². The van der Waals surface area contributed by atoms with Crippen LogP contribution in [-0.4, -0.2) is 37.2 Å². The predicted octanol–water partition coefficient (Wildman–Crippen LogP) is 16.4. The molecule has 0 aliphatic heterocycles. The lowest BCUT2D eigenvalue weighted by Crippen LogP contribution is -2.30. The van der Waals surface area contributed by atoms with Crippen molar-refractivity contribution >= 4 is 17.9 Å². The molecule has 0 bridgehead atoms. The summed E-state index contributed by atoms with van der Waals surface area (Å²) in [7, 11) is 0. The summed E-state index contributed by atoms with van der Waals surface area (Å²) in [6.07, 6.45) is 76.3. The molecule has 1 atom stereocenters. The maximum absolute atomic E-state index is 12.8. The van der Waals surface area contributed by atoms with Crippen LogP contribution in [0.15, 0.2) is 170 Å². The first-order valence-corrected chi connectivity index (χ1v) is 24.8. The number of hydrogen-bond acceptors (Lipinski definition) is 6. The van der Waals surface area contributed by atoms with E-state index < -0.39 is 6.10 Å². The van der Waals surface area contributed by atoms with E-state index in [0.717, 1.165) is 96.3 Å². The normalized spacial score (nSPS) is 13.6. The molecule has 0 saturated carbocycles. The summed E-state index contributed by atoms with van der Waals surface area (Å²) in [4.78, 5) is 37.9. The molecule has 1 unspecified atom stereocenters. The Kier molecular flexibility index (Phi) is 47.3. The van der Waals surface area contributed by atoms with E-state index in [4.69, 9.17) is 14.2 Å². The summed E-state index contributed by atoms with van der Waals surface area (Å²) in [6, 6.07) is 0. The first kappa shape index (κ1) is 59.8. The van der Waals surface area contributed by atoms with Gasteiger partial charge in [0.05, 0.1) is 0 Å². The Labute approximate surface area is 396 Å². The Balaban J connectivity index is 4.61. The number of rotatable bonds is 41. The molecule has 0 rings (SSSR count). The summed E-state index contributed by atoms with van der Waals surface area (Å²) in [5, 5.41) is 0. The molecule has 65 heavy (non-hydrogen) atoms. The second-order valence-electron chi connectivity index (χ2n) is 15.5. The van der Waals surface area contributed by atoms with Crippen molar-refractivity contribution in [3.05, 3.63) is 170 Å². The molecule has 358 valence electrons. The van der Waals surface area contributed by atoms with Crippen LogP contribution in [0.2, 0.25) is 0 Å². The number of allylic oxidation sites excluding steroid dienone is 28. The number of hydrogen-bond donors (Lipinski definition) is 0. The van der Waals surface area contributed by atoms with E-state index in [-0.39, 0.29) is 44.0 Å². The van der Waals surface area contributed by atoms with Gasteiger partial charge in [0, 0.05) is 19.3 Å². The highest BCUT2D eigenvalue weighted by Gasteiger charge is 2.19. The molecule has 0 fully saturated rings. The van der Waals surface area contributed by atoms with E-state index in [0.29, 0.717) is 19.3 Å². The fraction of sp³-hybridized carbons (Fsp3) is 0.475. The molecule has 0 heterocycles. The van der Waals surface area contributed by atoms with E-state index in [1.165, 1.54) is 12.8 Å². The van der Waals surface area contributed by atoms with Crippen LogP contribution in [0.5, 0.6) is 0 Å². The highest BCUT2D eigenvalue weighted by Crippen LogP contribution is 2.12. The van der Waals surface area contributed by atoms with Gasteiger partial charge in [-0.3, -0.25) is 14.4 Å². The third kappa shape index (κ3) is 49.6.